The fraction of sp³-hybridized carbons (Fsp3) is 0.667. The van der Waals surface area contributed by atoms with E-state index in [2.05, 4.69) is 25.9 Å². The molecule has 3 saturated heterocycles. The van der Waals surface area contributed by atoms with Crippen LogP contribution in [-0.2, 0) is 10.9 Å². The van der Waals surface area contributed by atoms with Crippen molar-refractivity contribution in [3.05, 3.63) is 21.9 Å². The topological polar surface area (TPSA) is 77.0 Å². The predicted molar refractivity (Wildman–Crippen MR) is 142 cm³/mol. The van der Waals surface area contributed by atoms with Gasteiger partial charge in [-0.2, -0.15) is 23.1 Å². The van der Waals surface area contributed by atoms with Gasteiger partial charge in [0.15, 0.2) is 5.82 Å². The van der Waals surface area contributed by atoms with Crippen molar-refractivity contribution in [2.45, 2.75) is 89.0 Å². The minimum Gasteiger partial charge on any atom is -0.471 e. The SMILES string of the molecule is CC1C(Oc2nc(OC[C@@]34CCCN3C[C@H](F)C4)nc3c(F)c(Br)c(C(F)(F)F)cc23)CCN1C(=O)OC(C)(C)C. The Morgan fingerprint density at radius 3 is 2.63 bits per heavy atom. The number of rotatable bonds is 5. The van der Waals surface area contributed by atoms with Crippen LogP contribution in [0.5, 0.6) is 11.9 Å². The van der Waals surface area contributed by atoms with Crippen LogP contribution in [0, 0.1) is 5.82 Å². The van der Waals surface area contributed by atoms with Crippen molar-refractivity contribution in [1.82, 2.24) is 19.8 Å². The number of nitrogens with zero attached hydrogens (tertiary/aromatic N) is 4. The summed E-state index contributed by atoms with van der Waals surface area (Å²) in [5.41, 5.74) is -2.94. The molecule has 2 unspecified atom stereocenters. The molecule has 0 N–H and O–H groups in total. The van der Waals surface area contributed by atoms with Gasteiger partial charge < -0.3 is 19.1 Å². The van der Waals surface area contributed by atoms with E-state index >= 15 is 4.39 Å². The molecule has 4 atom stereocenters. The molecule has 5 rings (SSSR count). The van der Waals surface area contributed by atoms with Gasteiger partial charge in [-0.25, -0.2) is 13.6 Å². The molecule has 41 heavy (non-hydrogen) atoms. The Bertz CT molecular complexity index is 1340. The van der Waals surface area contributed by atoms with E-state index in [1.165, 1.54) is 4.90 Å². The van der Waals surface area contributed by atoms with Crippen LogP contribution in [0.2, 0.25) is 0 Å². The average molecular weight is 651 g/mol. The Morgan fingerprint density at radius 1 is 1.22 bits per heavy atom. The fourth-order valence-corrected chi connectivity index (χ4v) is 6.48. The molecule has 0 spiro atoms. The van der Waals surface area contributed by atoms with Gasteiger partial charge in [-0.1, -0.05) is 0 Å². The Morgan fingerprint density at radius 2 is 1.95 bits per heavy atom. The van der Waals surface area contributed by atoms with E-state index in [1.807, 2.05) is 4.90 Å². The number of halogens is 6. The van der Waals surface area contributed by atoms with Gasteiger partial charge in [0.1, 0.15) is 30.0 Å². The van der Waals surface area contributed by atoms with Crippen LogP contribution >= 0.6 is 15.9 Å². The Balaban J connectivity index is 1.49. The lowest BCUT2D eigenvalue weighted by molar-refractivity contribution is -0.138. The maximum atomic E-state index is 15.4. The van der Waals surface area contributed by atoms with Gasteiger partial charge >= 0.3 is 18.3 Å². The standard InChI is InChI=1S/C27H32BrF5N4O4/c1-14-18(6-9-37(14)24(38)41-25(2,3)4)40-22-16-10-17(27(31,32)33)19(28)20(30)21(16)34-23(35-22)39-13-26-7-5-8-36(26)12-15(29)11-26/h10,14-15,18H,5-9,11-13H2,1-4H3/t14?,15-,18?,26+/m1/s1. The lowest BCUT2D eigenvalue weighted by Gasteiger charge is -2.31. The predicted octanol–water partition coefficient (Wildman–Crippen LogP) is 6.28. The van der Waals surface area contributed by atoms with E-state index < -0.39 is 63.1 Å². The summed E-state index contributed by atoms with van der Waals surface area (Å²) < 4.78 is 87.6. The first-order valence-electron chi connectivity index (χ1n) is 13.5. The minimum absolute atomic E-state index is 0.0358. The maximum absolute atomic E-state index is 15.4. The summed E-state index contributed by atoms with van der Waals surface area (Å²) in [4.78, 5) is 24.5. The third-order valence-electron chi connectivity index (χ3n) is 7.93. The number of amides is 1. The zero-order valence-electron chi connectivity index (χ0n) is 23.2. The number of likely N-dealkylation sites (tertiary alicyclic amines) is 1. The summed E-state index contributed by atoms with van der Waals surface area (Å²) in [5.74, 6) is -1.55. The first kappa shape index (κ1) is 30.0. The molecule has 1 aromatic carbocycles. The summed E-state index contributed by atoms with van der Waals surface area (Å²) in [7, 11) is 0. The molecule has 4 heterocycles. The van der Waals surface area contributed by atoms with E-state index in [9.17, 15) is 22.4 Å². The quantitative estimate of drug-likeness (QED) is 0.353. The highest BCUT2D eigenvalue weighted by molar-refractivity contribution is 9.10. The minimum atomic E-state index is -4.87. The van der Waals surface area contributed by atoms with Crippen LogP contribution in [0.25, 0.3) is 10.9 Å². The Kier molecular flexibility index (Phi) is 7.80. The van der Waals surface area contributed by atoms with E-state index in [4.69, 9.17) is 14.2 Å². The van der Waals surface area contributed by atoms with Gasteiger partial charge in [-0.15, -0.1) is 0 Å². The molecule has 226 valence electrons. The molecule has 14 heteroatoms. The Hall–Kier alpha value is -2.48. The molecule has 3 aliphatic rings. The molecule has 1 aromatic heterocycles. The zero-order valence-corrected chi connectivity index (χ0v) is 24.7. The third kappa shape index (κ3) is 5.91. The normalized spacial score (nSPS) is 27.0. The number of fused-ring (bicyclic) bond motifs is 2. The lowest BCUT2D eigenvalue weighted by Crippen LogP contribution is -2.43. The second-order valence-corrected chi connectivity index (χ2v) is 12.8. The summed E-state index contributed by atoms with van der Waals surface area (Å²) in [6.45, 7) is 8.28. The zero-order chi connectivity index (χ0) is 29.9. The number of benzene rings is 1. The smallest absolute Gasteiger partial charge is 0.417 e. The van der Waals surface area contributed by atoms with Gasteiger partial charge in [0.2, 0.25) is 5.88 Å². The van der Waals surface area contributed by atoms with Crippen molar-refractivity contribution in [1.29, 1.82) is 0 Å². The number of carbonyl (C=O) groups excluding carboxylic acids is 1. The molecule has 0 bridgehead atoms. The summed E-state index contributed by atoms with van der Waals surface area (Å²) >= 11 is 2.72. The van der Waals surface area contributed by atoms with Crippen LogP contribution in [-0.4, -0.2) is 81.6 Å². The molecular weight excluding hydrogens is 619 g/mol. The number of aromatic nitrogens is 2. The molecule has 0 saturated carbocycles. The second kappa shape index (κ2) is 10.7. The van der Waals surface area contributed by atoms with E-state index in [0.29, 0.717) is 19.4 Å². The highest BCUT2D eigenvalue weighted by atomic mass is 79.9. The molecule has 2 aromatic rings. The summed E-state index contributed by atoms with van der Waals surface area (Å²) in [6.07, 6.45) is -4.91. The van der Waals surface area contributed by atoms with Crippen LogP contribution in [0.15, 0.2) is 10.5 Å². The highest BCUT2D eigenvalue weighted by Gasteiger charge is 2.49. The monoisotopic (exact) mass is 650 g/mol. The number of hydrogen-bond donors (Lipinski definition) is 0. The van der Waals surface area contributed by atoms with E-state index in [0.717, 1.165) is 19.0 Å². The van der Waals surface area contributed by atoms with Crippen LogP contribution in [0.1, 0.15) is 58.9 Å². The van der Waals surface area contributed by atoms with Gasteiger partial charge in [0.05, 0.1) is 27.0 Å². The molecule has 0 aliphatic carbocycles. The summed E-state index contributed by atoms with van der Waals surface area (Å²) in [6, 6.07) is -0.0849. The van der Waals surface area contributed by atoms with Crippen molar-refractivity contribution < 1.29 is 41.0 Å². The van der Waals surface area contributed by atoms with E-state index in [1.54, 1.807) is 27.7 Å². The third-order valence-corrected chi connectivity index (χ3v) is 8.70. The number of alkyl halides is 4. The van der Waals surface area contributed by atoms with Crippen LogP contribution in [0.4, 0.5) is 26.7 Å². The first-order chi connectivity index (χ1) is 19.1. The molecule has 8 nitrogen and oxygen atoms in total. The lowest BCUT2D eigenvalue weighted by atomic mass is 9.95. The fourth-order valence-electron chi connectivity index (χ4n) is 5.96. The second-order valence-electron chi connectivity index (χ2n) is 12.0. The van der Waals surface area contributed by atoms with Gasteiger partial charge in [-0.3, -0.25) is 4.90 Å². The molecule has 1 amide bonds. The molecule has 0 radical (unpaired) electrons. The molecule has 3 aliphatic heterocycles. The van der Waals surface area contributed by atoms with Crippen molar-refractivity contribution in [2.75, 3.05) is 26.2 Å². The van der Waals surface area contributed by atoms with Gasteiger partial charge in [0, 0.05) is 25.9 Å². The van der Waals surface area contributed by atoms with Crippen molar-refractivity contribution in [3.63, 3.8) is 0 Å². The highest BCUT2D eigenvalue weighted by Crippen LogP contribution is 2.43. The van der Waals surface area contributed by atoms with Gasteiger partial charge in [0.25, 0.3) is 0 Å². The van der Waals surface area contributed by atoms with Crippen molar-refractivity contribution in [2.24, 2.45) is 0 Å². The average Bonchev–Trinajstić information content (AvgIpc) is 3.50. The number of hydrogen-bond acceptors (Lipinski definition) is 7. The Labute approximate surface area is 242 Å². The largest absolute Gasteiger partial charge is 0.471 e. The van der Waals surface area contributed by atoms with Crippen molar-refractivity contribution in [3.8, 4) is 11.9 Å². The van der Waals surface area contributed by atoms with Gasteiger partial charge in [-0.05, 0) is 69.1 Å². The summed E-state index contributed by atoms with van der Waals surface area (Å²) in [5, 5.41) is -0.293. The molecular formula is C27H32BrF5N4O4. The van der Waals surface area contributed by atoms with Crippen LogP contribution in [0.3, 0.4) is 0 Å². The maximum Gasteiger partial charge on any atom is 0.417 e. The van der Waals surface area contributed by atoms with Crippen molar-refractivity contribution >= 4 is 32.9 Å². The van der Waals surface area contributed by atoms with E-state index in [-0.39, 0.29) is 36.8 Å². The first-order valence-corrected chi connectivity index (χ1v) is 14.3. The van der Waals surface area contributed by atoms with Crippen LogP contribution < -0.4 is 9.47 Å². The molecule has 3 fully saturated rings. The number of carbonyl (C=O) groups is 1. The number of ether oxygens (including phenoxy) is 3.